The molecule has 6 heteroatoms. The lowest BCUT2D eigenvalue weighted by atomic mass is 10.2. The Kier molecular flexibility index (Phi) is 5.34. The number of rotatable bonds is 4. The monoisotopic (exact) mass is 327 g/mol. The topological polar surface area (TPSA) is 73.2 Å². The second kappa shape index (κ2) is 7.43. The molecule has 5 nitrogen and oxygen atoms in total. The van der Waals surface area contributed by atoms with E-state index in [0.717, 1.165) is 0 Å². The van der Waals surface area contributed by atoms with Crippen LogP contribution in [0.3, 0.4) is 0 Å². The standard InChI is InChI=1S/C17H14ClN3O2/c1-12(22)21(16-8-4-14(18)5-9-16)11-17(23)20-15-6-2-13(10-19)3-7-15/h2-9H,11H2,1H3,(H,20,23). The Hall–Kier alpha value is -2.84. The SMILES string of the molecule is CC(=O)N(CC(=O)Nc1ccc(C#N)cc1)c1ccc(Cl)cc1. The van der Waals surface area contributed by atoms with Gasteiger partial charge in [-0.25, -0.2) is 0 Å². The number of carbonyl (C=O) groups excluding carboxylic acids is 2. The molecule has 0 unspecified atom stereocenters. The highest BCUT2D eigenvalue weighted by Gasteiger charge is 2.15. The molecule has 0 atom stereocenters. The summed E-state index contributed by atoms with van der Waals surface area (Å²) in [6, 6.07) is 15.2. The van der Waals surface area contributed by atoms with Crippen molar-refractivity contribution in [2.24, 2.45) is 0 Å². The van der Waals surface area contributed by atoms with E-state index in [-0.39, 0.29) is 18.4 Å². The average molecular weight is 328 g/mol. The number of carbonyl (C=O) groups is 2. The van der Waals surface area contributed by atoms with Gasteiger partial charge in [-0.2, -0.15) is 5.26 Å². The molecule has 116 valence electrons. The molecule has 0 aromatic heterocycles. The van der Waals surface area contributed by atoms with Gasteiger partial charge < -0.3 is 10.2 Å². The molecule has 0 aliphatic heterocycles. The molecule has 0 spiro atoms. The lowest BCUT2D eigenvalue weighted by Gasteiger charge is -2.20. The quantitative estimate of drug-likeness (QED) is 0.937. The van der Waals surface area contributed by atoms with Crippen LogP contribution >= 0.6 is 11.6 Å². The molecule has 0 saturated heterocycles. The number of nitriles is 1. The summed E-state index contributed by atoms with van der Waals surface area (Å²) in [5.41, 5.74) is 1.67. The van der Waals surface area contributed by atoms with Crippen LogP contribution in [-0.2, 0) is 9.59 Å². The summed E-state index contributed by atoms with van der Waals surface area (Å²) in [7, 11) is 0. The van der Waals surface area contributed by atoms with Gasteiger partial charge >= 0.3 is 0 Å². The third-order valence-electron chi connectivity index (χ3n) is 3.12. The fourth-order valence-corrected chi connectivity index (χ4v) is 2.10. The first-order valence-corrected chi connectivity index (χ1v) is 7.21. The normalized spacial score (nSPS) is 9.78. The van der Waals surface area contributed by atoms with Gasteiger partial charge in [-0.3, -0.25) is 9.59 Å². The molecule has 2 rings (SSSR count). The summed E-state index contributed by atoms with van der Waals surface area (Å²) in [4.78, 5) is 25.3. The minimum atomic E-state index is -0.333. The number of hydrogen-bond acceptors (Lipinski definition) is 3. The van der Waals surface area contributed by atoms with Gasteiger partial charge in [-0.1, -0.05) is 11.6 Å². The van der Waals surface area contributed by atoms with Gasteiger partial charge in [0.2, 0.25) is 11.8 Å². The first-order chi connectivity index (χ1) is 11.0. The molecule has 0 aliphatic rings. The highest BCUT2D eigenvalue weighted by atomic mass is 35.5. The van der Waals surface area contributed by atoms with Gasteiger partial charge in [-0.05, 0) is 48.5 Å². The Morgan fingerprint density at radius 3 is 2.26 bits per heavy atom. The molecular formula is C17H14ClN3O2. The molecule has 2 amide bonds. The molecule has 0 radical (unpaired) electrons. The van der Waals surface area contributed by atoms with Crippen LogP contribution in [0.1, 0.15) is 12.5 Å². The van der Waals surface area contributed by atoms with Crippen molar-refractivity contribution in [3.05, 3.63) is 59.1 Å². The maximum absolute atomic E-state index is 12.1. The minimum absolute atomic E-state index is 0.114. The number of benzene rings is 2. The molecule has 0 heterocycles. The van der Waals surface area contributed by atoms with Crippen molar-refractivity contribution >= 4 is 34.8 Å². The van der Waals surface area contributed by atoms with E-state index in [1.54, 1.807) is 48.5 Å². The largest absolute Gasteiger partial charge is 0.325 e. The predicted molar refractivity (Wildman–Crippen MR) is 89.3 cm³/mol. The first-order valence-electron chi connectivity index (χ1n) is 6.83. The molecule has 2 aromatic carbocycles. The number of anilines is 2. The smallest absolute Gasteiger partial charge is 0.244 e. The maximum Gasteiger partial charge on any atom is 0.244 e. The van der Waals surface area contributed by atoms with Gasteiger partial charge in [0.15, 0.2) is 0 Å². The first kappa shape index (κ1) is 16.5. The van der Waals surface area contributed by atoms with E-state index in [1.807, 2.05) is 6.07 Å². The summed E-state index contributed by atoms with van der Waals surface area (Å²) in [6.07, 6.45) is 0. The van der Waals surface area contributed by atoms with Crippen LogP contribution in [0.25, 0.3) is 0 Å². The van der Waals surface area contributed by atoms with Crippen LogP contribution < -0.4 is 10.2 Å². The average Bonchev–Trinajstić information content (AvgIpc) is 2.54. The molecular weight excluding hydrogens is 314 g/mol. The molecule has 0 bridgehead atoms. The van der Waals surface area contributed by atoms with Crippen molar-refractivity contribution in [1.82, 2.24) is 0 Å². The number of amides is 2. The van der Waals surface area contributed by atoms with Crippen molar-refractivity contribution in [1.29, 1.82) is 5.26 Å². The zero-order valence-corrected chi connectivity index (χ0v) is 13.2. The van der Waals surface area contributed by atoms with Crippen LogP contribution in [0.5, 0.6) is 0 Å². The van der Waals surface area contributed by atoms with Crippen LogP contribution in [-0.4, -0.2) is 18.4 Å². The lowest BCUT2D eigenvalue weighted by molar-refractivity contribution is -0.120. The van der Waals surface area contributed by atoms with Crippen LogP contribution in [0.15, 0.2) is 48.5 Å². The van der Waals surface area contributed by atoms with E-state index in [9.17, 15) is 9.59 Å². The lowest BCUT2D eigenvalue weighted by Crippen LogP contribution is -2.36. The van der Waals surface area contributed by atoms with Gasteiger partial charge in [0.1, 0.15) is 6.54 Å². The van der Waals surface area contributed by atoms with E-state index in [2.05, 4.69) is 5.32 Å². The number of nitrogens with one attached hydrogen (secondary N) is 1. The minimum Gasteiger partial charge on any atom is -0.325 e. The summed E-state index contributed by atoms with van der Waals surface area (Å²) < 4.78 is 0. The second-order valence-corrected chi connectivity index (χ2v) is 5.26. The summed E-state index contributed by atoms with van der Waals surface area (Å²) in [5, 5.41) is 12.0. The Morgan fingerprint density at radius 2 is 1.74 bits per heavy atom. The van der Waals surface area contributed by atoms with Crippen LogP contribution in [0.2, 0.25) is 5.02 Å². The number of halogens is 1. The molecule has 23 heavy (non-hydrogen) atoms. The molecule has 0 fully saturated rings. The third-order valence-corrected chi connectivity index (χ3v) is 3.37. The fourth-order valence-electron chi connectivity index (χ4n) is 1.98. The van der Waals surface area contributed by atoms with Gasteiger partial charge in [-0.15, -0.1) is 0 Å². The second-order valence-electron chi connectivity index (χ2n) is 4.82. The van der Waals surface area contributed by atoms with Crippen molar-refractivity contribution < 1.29 is 9.59 Å². The molecule has 2 aromatic rings. The van der Waals surface area contributed by atoms with Crippen LogP contribution in [0.4, 0.5) is 11.4 Å². The third kappa shape index (κ3) is 4.56. The van der Waals surface area contributed by atoms with Gasteiger partial charge in [0.05, 0.1) is 11.6 Å². The van der Waals surface area contributed by atoms with E-state index in [4.69, 9.17) is 16.9 Å². The highest BCUT2D eigenvalue weighted by Crippen LogP contribution is 2.18. The Labute approximate surface area is 139 Å². The van der Waals surface area contributed by atoms with E-state index < -0.39 is 0 Å². The summed E-state index contributed by atoms with van der Waals surface area (Å²) in [5.74, 6) is -0.581. The van der Waals surface area contributed by atoms with E-state index >= 15 is 0 Å². The number of hydrogen-bond donors (Lipinski definition) is 1. The van der Waals surface area contributed by atoms with Gasteiger partial charge in [0.25, 0.3) is 0 Å². The van der Waals surface area contributed by atoms with Crippen molar-refractivity contribution in [2.75, 3.05) is 16.8 Å². The Balaban J connectivity index is 2.07. The Bertz CT molecular complexity index is 749. The zero-order valence-electron chi connectivity index (χ0n) is 12.4. The summed E-state index contributed by atoms with van der Waals surface area (Å²) in [6.45, 7) is 1.28. The highest BCUT2D eigenvalue weighted by molar-refractivity contribution is 6.30. The van der Waals surface area contributed by atoms with Crippen molar-refractivity contribution in [2.45, 2.75) is 6.92 Å². The zero-order chi connectivity index (χ0) is 16.8. The number of nitrogens with zero attached hydrogens (tertiary/aromatic N) is 2. The van der Waals surface area contributed by atoms with Crippen molar-refractivity contribution in [3.63, 3.8) is 0 Å². The van der Waals surface area contributed by atoms with E-state index in [1.165, 1.54) is 11.8 Å². The molecule has 0 aliphatic carbocycles. The van der Waals surface area contributed by atoms with Crippen molar-refractivity contribution in [3.8, 4) is 6.07 Å². The van der Waals surface area contributed by atoms with Gasteiger partial charge in [0, 0.05) is 23.3 Å². The van der Waals surface area contributed by atoms with E-state index in [0.29, 0.717) is 22.0 Å². The Morgan fingerprint density at radius 1 is 1.13 bits per heavy atom. The van der Waals surface area contributed by atoms with Crippen LogP contribution in [0, 0.1) is 11.3 Å². The fraction of sp³-hybridized carbons (Fsp3) is 0.118. The maximum atomic E-state index is 12.1. The predicted octanol–water partition coefficient (Wildman–Crippen LogP) is 3.20. The molecule has 0 saturated carbocycles. The molecule has 1 N–H and O–H groups in total. The summed E-state index contributed by atoms with van der Waals surface area (Å²) >= 11 is 5.83.